The van der Waals surface area contributed by atoms with Gasteiger partial charge in [0.05, 0.1) is 13.2 Å². The molecule has 2 rings (SSSR count). The summed E-state index contributed by atoms with van der Waals surface area (Å²) in [6.07, 6.45) is 0.190. The van der Waals surface area contributed by atoms with Crippen molar-refractivity contribution < 1.29 is 57.2 Å². The fraction of sp³-hybridized carbons (Fsp3) is 0.273. The van der Waals surface area contributed by atoms with E-state index in [0.29, 0.717) is 0 Å². The number of epoxide rings is 1. The molecule has 5 nitrogen and oxygen atoms in total. The first-order valence-electron chi connectivity index (χ1n) is 4.70. The molecule has 89 valence electrons. The van der Waals surface area contributed by atoms with Gasteiger partial charge in [-0.25, -0.2) is 4.79 Å². The molecule has 2 N–H and O–H groups in total. The molecule has 6 heteroatoms. The molecule has 1 radical (unpaired) electrons. The van der Waals surface area contributed by atoms with Gasteiger partial charge >= 0.3 is 5.97 Å². The Morgan fingerprint density at radius 2 is 1.82 bits per heavy atom. The second kappa shape index (κ2) is 8.47. The van der Waals surface area contributed by atoms with Gasteiger partial charge in [-0.1, -0.05) is 30.3 Å². The number of carboxylic acid groups (broad SMARTS) is 1. The van der Waals surface area contributed by atoms with E-state index in [9.17, 15) is 9.59 Å². The molecule has 1 aliphatic heterocycles. The number of carbonyl (C=O) groups excluding carboxylic acids is 1. The van der Waals surface area contributed by atoms with E-state index < -0.39 is 11.8 Å². The van der Waals surface area contributed by atoms with Crippen LogP contribution in [-0.4, -0.2) is 41.3 Å². The van der Waals surface area contributed by atoms with Crippen molar-refractivity contribution in [3.8, 4) is 0 Å². The molecule has 1 aliphatic rings. The first-order chi connectivity index (χ1) is 7.65. The minimum absolute atomic E-state index is 0. The van der Waals surface area contributed by atoms with Gasteiger partial charge < -0.3 is 14.9 Å². The van der Waals surface area contributed by atoms with Crippen LogP contribution in [0.25, 0.3) is 0 Å². The van der Waals surface area contributed by atoms with E-state index in [1.807, 2.05) is 0 Å². The van der Waals surface area contributed by atoms with Crippen LogP contribution in [0.15, 0.2) is 30.3 Å². The van der Waals surface area contributed by atoms with E-state index >= 15 is 0 Å². The van der Waals surface area contributed by atoms with Gasteiger partial charge in [-0.3, -0.25) is 4.79 Å². The fourth-order valence-corrected chi connectivity index (χ4v) is 0.886. The summed E-state index contributed by atoms with van der Waals surface area (Å²) in [7, 11) is 0. The Bertz CT molecular complexity index is 361. The molecule has 0 aliphatic carbocycles. The van der Waals surface area contributed by atoms with Gasteiger partial charge in [0.15, 0.2) is 0 Å². The van der Waals surface area contributed by atoms with Crippen LogP contribution in [0.1, 0.15) is 10.4 Å². The number of aliphatic hydroxyl groups excluding tert-OH is 1. The summed E-state index contributed by atoms with van der Waals surface area (Å²) in [4.78, 5) is 20.9. The number of aliphatic hydroxyl groups is 1. The molecule has 17 heavy (non-hydrogen) atoms. The van der Waals surface area contributed by atoms with Crippen molar-refractivity contribution in [3.63, 3.8) is 0 Å². The summed E-state index contributed by atoms with van der Waals surface area (Å²) in [5.41, 5.74) is 0.208. The van der Waals surface area contributed by atoms with Crippen LogP contribution in [0, 0.1) is 0 Å². The van der Waals surface area contributed by atoms with Crippen molar-refractivity contribution >= 4 is 11.8 Å². The topological polar surface area (TPSA) is 87.1 Å². The van der Waals surface area contributed by atoms with Crippen LogP contribution in [0.3, 0.4) is 0 Å². The maximum atomic E-state index is 10.7. The number of carboxylic acids is 1. The van der Waals surface area contributed by atoms with E-state index in [1.165, 1.54) is 12.1 Å². The molecule has 1 atom stereocenters. The fourth-order valence-electron chi connectivity index (χ4n) is 0.886. The first-order valence-corrected chi connectivity index (χ1v) is 4.70. The number of ketones is 1. The number of carbonyl (C=O) groups is 2. The van der Waals surface area contributed by atoms with Crippen LogP contribution in [-0.2, 0) is 42.2 Å². The average molecular weight is 313 g/mol. The third-order valence-electron chi connectivity index (χ3n) is 1.84. The third kappa shape index (κ3) is 6.63. The largest absolute Gasteiger partial charge is 0.475 e. The molecule has 1 aromatic rings. The summed E-state index contributed by atoms with van der Waals surface area (Å²) in [6, 6.07) is 7.90. The van der Waals surface area contributed by atoms with Crippen molar-refractivity contribution in [2.24, 2.45) is 0 Å². The number of aliphatic carboxylic acids is 1. The number of hydrogen-bond donors (Lipinski definition) is 2. The molecule has 0 bridgehead atoms. The van der Waals surface area contributed by atoms with E-state index in [4.69, 9.17) is 10.2 Å². The molecule has 0 aromatic heterocycles. The van der Waals surface area contributed by atoms with Crippen LogP contribution in [0.4, 0.5) is 0 Å². The zero-order valence-electron chi connectivity index (χ0n) is 9.07. The van der Waals surface area contributed by atoms with Crippen molar-refractivity contribution in [1.29, 1.82) is 0 Å². The maximum absolute atomic E-state index is 10.7. The number of rotatable bonds is 3. The Labute approximate surface area is 124 Å². The Balaban J connectivity index is 0.000000360. The van der Waals surface area contributed by atoms with Crippen LogP contribution in [0.2, 0.25) is 0 Å². The SMILES string of the molecule is O=C(O)C(=O)c1ccccc1.OCC1CO1.[Y]. The van der Waals surface area contributed by atoms with Crippen molar-refractivity contribution in [2.75, 3.05) is 13.2 Å². The van der Waals surface area contributed by atoms with E-state index in [-0.39, 0.29) is 51.0 Å². The number of Topliss-reactive ketones (excluding diaryl/α,β-unsaturated/α-hetero) is 1. The molecule has 1 aromatic carbocycles. The van der Waals surface area contributed by atoms with Crippen LogP contribution < -0.4 is 0 Å². The van der Waals surface area contributed by atoms with Crippen molar-refractivity contribution in [1.82, 2.24) is 0 Å². The molecule has 1 unspecified atom stereocenters. The van der Waals surface area contributed by atoms with Crippen molar-refractivity contribution in [3.05, 3.63) is 35.9 Å². The molecule has 0 amide bonds. The smallest absolute Gasteiger partial charge is 0.377 e. The van der Waals surface area contributed by atoms with Crippen LogP contribution in [0.5, 0.6) is 0 Å². The summed E-state index contributed by atoms with van der Waals surface area (Å²) in [6.45, 7) is 0.955. The Morgan fingerprint density at radius 1 is 1.29 bits per heavy atom. The molecule has 0 spiro atoms. The number of benzene rings is 1. The van der Waals surface area contributed by atoms with E-state index in [2.05, 4.69) is 4.74 Å². The molecule has 1 fully saturated rings. The second-order valence-corrected chi connectivity index (χ2v) is 3.14. The minimum Gasteiger partial charge on any atom is -0.475 e. The van der Waals surface area contributed by atoms with Gasteiger partial charge in [0.1, 0.15) is 6.10 Å². The van der Waals surface area contributed by atoms with Gasteiger partial charge in [0.25, 0.3) is 5.78 Å². The summed E-state index contributed by atoms with van der Waals surface area (Å²) < 4.78 is 4.61. The molecule has 0 saturated carbocycles. The van der Waals surface area contributed by atoms with Gasteiger partial charge in [-0.05, 0) is 0 Å². The first kappa shape index (κ1) is 16.4. The number of hydrogen-bond acceptors (Lipinski definition) is 4. The molecular formula is C11H12O5Y. The average Bonchev–Trinajstić information content (AvgIpc) is 3.13. The predicted octanol–water partition coefficient (Wildman–Crippen LogP) is 0.329. The molecule has 1 heterocycles. The van der Waals surface area contributed by atoms with Crippen LogP contribution >= 0.6 is 0 Å². The summed E-state index contributed by atoms with van der Waals surface area (Å²) in [5, 5.41) is 16.4. The van der Waals surface area contributed by atoms with E-state index in [1.54, 1.807) is 18.2 Å². The van der Waals surface area contributed by atoms with E-state index in [0.717, 1.165) is 6.61 Å². The third-order valence-corrected chi connectivity index (χ3v) is 1.84. The second-order valence-electron chi connectivity index (χ2n) is 3.14. The van der Waals surface area contributed by atoms with Gasteiger partial charge in [-0.15, -0.1) is 0 Å². The minimum atomic E-state index is -1.42. The zero-order chi connectivity index (χ0) is 12.0. The summed E-state index contributed by atoms with van der Waals surface area (Å²) >= 11 is 0. The number of ether oxygens (including phenoxy) is 1. The Kier molecular flexibility index (Phi) is 8.16. The monoisotopic (exact) mass is 313 g/mol. The summed E-state index contributed by atoms with van der Waals surface area (Å²) in [5.74, 6) is -2.29. The molecular weight excluding hydrogens is 301 g/mol. The maximum Gasteiger partial charge on any atom is 0.377 e. The van der Waals surface area contributed by atoms with Gasteiger partial charge in [0.2, 0.25) is 0 Å². The Morgan fingerprint density at radius 3 is 2.12 bits per heavy atom. The van der Waals surface area contributed by atoms with Gasteiger partial charge in [-0.2, -0.15) is 0 Å². The standard InChI is InChI=1S/C8H6O3.C3H6O2.Y/c9-7(8(10)11)6-4-2-1-3-5-6;4-1-3-2-5-3;/h1-5H,(H,10,11);3-4H,1-2H2;. The zero-order valence-corrected chi connectivity index (χ0v) is 11.9. The van der Waals surface area contributed by atoms with Gasteiger partial charge in [0, 0.05) is 38.3 Å². The predicted molar refractivity (Wildman–Crippen MR) is 55.2 cm³/mol. The quantitative estimate of drug-likeness (QED) is 0.477. The van der Waals surface area contributed by atoms with Crippen molar-refractivity contribution in [2.45, 2.75) is 6.10 Å². The Hall–Kier alpha value is -0.616. The molecule has 1 saturated heterocycles. The normalized spacial score (nSPS) is 15.9.